The molecule has 2 aliphatic rings. The molecule has 0 aromatic rings. The molecule has 2 heterocycles. The first kappa shape index (κ1) is 20.1. The molecule has 25 heavy (non-hydrogen) atoms. The van der Waals surface area contributed by atoms with Crippen LogP contribution in [0.2, 0.25) is 0 Å². The molecule has 10 heteroatoms. The molecule has 0 aliphatic carbocycles. The van der Waals surface area contributed by atoms with Crippen molar-refractivity contribution in [2.24, 2.45) is 5.41 Å². The van der Waals surface area contributed by atoms with Gasteiger partial charge in [0.1, 0.15) is 10.8 Å². The summed E-state index contributed by atoms with van der Waals surface area (Å²) < 4.78 is 34.2. The molecule has 0 saturated carbocycles. The van der Waals surface area contributed by atoms with Crippen molar-refractivity contribution in [1.29, 1.82) is 0 Å². The zero-order chi connectivity index (χ0) is 19.3. The topological polar surface area (TPSA) is 107 Å². The second-order valence-corrected chi connectivity index (χ2v) is 10.5. The number of alkyl halides is 1. The van der Waals surface area contributed by atoms with Crippen LogP contribution in [0.3, 0.4) is 0 Å². The van der Waals surface area contributed by atoms with Crippen molar-refractivity contribution < 1.29 is 32.3 Å². The lowest BCUT2D eigenvalue weighted by Crippen LogP contribution is -2.72. The Morgan fingerprint density at radius 3 is 2.28 bits per heavy atom. The molecular weight excluding hydrogens is 418 g/mol. The molecule has 0 N–H and O–H groups in total. The minimum Gasteiger partial charge on any atom is -0.461 e. The number of ether oxygens (including phenoxy) is 2. The van der Waals surface area contributed by atoms with E-state index in [4.69, 9.17) is 9.47 Å². The summed E-state index contributed by atoms with van der Waals surface area (Å²) in [6, 6.07) is 0. The average Bonchev–Trinajstić information content (AvgIpc) is 2.48. The lowest BCUT2D eigenvalue weighted by Gasteiger charge is -2.50. The quantitative estimate of drug-likeness (QED) is 0.362. The van der Waals surface area contributed by atoms with Crippen LogP contribution in [0.5, 0.6) is 0 Å². The fraction of sp³-hybridized carbons (Fsp3) is 0.667. The SMILES string of the molecule is CO[C@H]1C(=O)N2C(C(=O)C(C)(C)C)=C(COC(C)=O)[C@@H](Br)S(=O)(=O)[C@H]12. The molecule has 1 amide bonds. The van der Waals surface area contributed by atoms with E-state index >= 15 is 0 Å². The number of methoxy groups -OCH3 is 1. The Bertz CT molecular complexity index is 765. The van der Waals surface area contributed by atoms with Crippen LogP contribution in [-0.2, 0) is 33.7 Å². The van der Waals surface area contributed by atoms with E-state index in [1.165, 1.54) is 14.0 Å². The highest BCUT2D eigenvalue weighted by Gasteiger charge is 2.63. The standard InChI is InChI=1S/C15H20BrNO7S/c1-7(18)24-6-8-9(11(19)15(2,3)4)17-13(20)10(23-5)14(17)25(21,22)12(8)16/h10,12,14H,6H2,1-5H3/t10-,12-,14+/m0/s1. The van der Waals surface area contributed by atoms with Crippen molar-refractivity contribution in [3.63, 3.8) is 0 Å². The van der Waals surface area contributed by atoms with Crippen LogP contribution in [0, 0.1) is 5.41 Å². The molecule has 0 unspecified atom stereocenters. The van der Waals surface area contributed by atoms with E-state index in [-0.39, 0.29) is 11.3 Å². The van der Waals surface area contributed by atoms with Gasteiger partial charge in [0.25, 0.3) is 5.91 Å². The second kappa shape index (κ2) is 6.48. The third-order valence-corrected chi connectivity index (χ3v) is 8.13. The molecule has 0 aromatic carbocycles. The zero-order valence-electron chi connectivity index (χ0n) is 14.5. The van der Waals surface area contributed by atoms with Gasteiger partial charge in [-0.15, -0.1) is 0 Å². The number of carbonyl (C=O) groups is 3. The number of hydrogen-bond donors (Lipinski definition) is 0. The Hall–Kier alpha value is -1.26. The second-order valence-electron chi connectivity index (χ2n) is 6.89. The Kier molecular flexibility index (Phi) is 5.20. The Balaban J connectivity index is 2.66. The number of rotatable bonds is 4. The first-order valence-corrected chi connectivity index (χ1v) is 10.0. The number of hydrogen-bond acceptors (Lipinski definition) is 7. The lowest BCUT2D eigenvalue weighted by molar-refractivity contribution is -0.161. The summed E-state index contributed by atoms with van der Waals surface area (Å²) >= 11 is 3.10. The van der Waals surface area contributed by atoms with Crippen LogP contribution in [0.4, 0.5) is 0 Å². The van der Waals surface area contributed by atoms with Crippen LogP contribution in [0.1, 0.15) is 27.7 Å². The molecule has 0 aromatic heterocycles. The highest BCUT2D eigenvalue weighted by Crippen LogP contribution is 2.45. The van der Waals surface area contributed by atoms with E-state index in [9.17, 15) is 22.8 Å². The van der Waals surface area contributed by atoms with Gasteiger partial charge in [-0.2, -0.15) is 0 Å². The third-order valence-electron chi connectivity index (χ3n) is 4.02. The molecule has 1 fully saturated rings. The molecule has 140 valence electrons. The highest BCUT2D eigenvalue weighted by atomic mass is 79.9. The van der Waals surface area contributed by atoms with E-state index < -0.39 is 55.2 Å². The first-order valence-electron chi connectivity index (χ1n) is 7.49. The minimum atomic E-state index is -3.91. The Morgan fingerprint density at radius 2 is 1.84 bits per heavy atom. The number of Topliss-reactive ketones (excluding diaryl/α,β-unsaturated/α-hetero) is 1. The molecule has 2 rings (SSSR count). The van der Waals surface area contributed by atoms with E-state index in [2.05, 4.69) is 15.9 Å². The van der Waals surface area contributed by atoms with E-state index in [1.807, 2.05) is 0 Å². The number of amides is 1. The summed E-state index contributed by atoms with van der Waals surface area (Å²) in [5.41, 5.74) is -0.879. The third kappa shape index (κ3) is 3.15. The zero-order valence-corrected chi connectivity index (χ0v) is 16.9. The normalized spacial score (nSPS) is 28.3. The number of nitrogens with zero attached hydrogens (tertiary/aromatic N) is 1. The molecule has 1 saturated heterocycles. The summed E-state index contributed by atoms with van der Waals surface area (Å²) in [5.74, 6) is -1.65. The van der Waals surface area contributed by atoms with Gasteiger partial charge in [0.15, 0.2) is 27.1 Å². The van der Waals surface area contributed by atoms with Crippen LogP contribution in [0.25, 0.3) is 0 Å². The smallest absolute Gasteiger partial charge is 0.302 e. The average molecular weight is 438 g/mol. The van der Waals surface area contributed by atoms with Crippen LogP contribution in [-0.4, -0.2) is 60.3 Å². The van der Waals surface area contributed by atoms with E-state index in [0.717, 1.165) is 4.90 Å². The Morgan fingerprint density at radius 1 is 1.28 bits per heavy atom. The number of allylic oxidation sites excluding steroid dienone is 1. The fourth-order valence-corrected chi connectivity index (χ4v) is 5.63. The predicted octanol–water partition coefficient (Wildman–Crippen LogP) is 0.751. The Labute approximate surface area is 154 Å². The van der Waals surface area contributed by atoms with Crippen molar-refractivity contribution in [2.45, 2.75) is 43.3 Å². The molecule has 8 nitrogen and oxygen atoms in total. The van der Waals surface area contributed by atoms with Crippen LogP contribution < -0.4 is 0 Å². The van der Waals surface area contributed by atoms with E-state index in [1.54, 1.807) is 20.8 Å². The van der Waals surface area contributed by atoms with Gasteiger partial charge in [-0.1, -0.05) is 36.7 Å². The maximum Gasteiger partial charge on any atom is 0.302 e. The van der Waals surface area contributed by atoms with Crippen molar-refractivity contribution in [3.05, 3.63) is 11.3 Å². The van der Waals surface area contributed by atoms with Gasteiger partial charge in [0.2, 0.25) is 0 Å². The van der Waals surface area contributed by atoms with Gasteiger partial charge in [0.05, 0.1) is 5.70 Å². The van der Waals surface area contributed by atoms with Crippen LogP contribution >= 0.6 is 15.9 Å². The minimum absolute atomic E-state index is 0.0364. The number of fused-ring (bicyclic) bond motifs is 1. The number of carbonyl (C=O) groups excluding carboxylic acids is 3. The van der Waals surface area contributed by atoms with Crippen molar-refractivity contribution >= 4 is 43.4 Å². The van der Waals surface area contributed by atoms with Crippen LogP contribution in [0.15, 0.2) is 11.3 Å². The maximum absolute atomic E-state index is 12.9. The van der Waals surface area contributed by atoms with Gasteiger partial charge >= 0.3 is 5.97 Å². The van der Waals surface area contributed by atoms with Gasteiger partial charge in [-0.3, -0.25) is 19.3 Å². The van der Waals surface area contributed by atoms with Crippen molar-refractivity contribution in [1.82, 2.24) is 4.90 Å². The summed E-state index contributed by atoms with van der Waals surface area (Å²) in [6.07, 6.45) is -1.16. The summed E-state index contributed by atoms with van der Waals surface area (Å²) in [4.78, 5) is 37.4. The molecule has 0 bridgehead atoms. The van der Waals surface area contributed by atoms with Gasteiger partial charge in [-0.25, -0.2) is 8.42 Å². The molecule has 3 atom stereocenters. The van der Waals surface area contributed by atoms with Gasteiger partial charge in [0, 0.05) is 25.0 Å². The number of sulfone groups is 1. The molecule has 2 aliphatic heterocycles. The number of β-lactam (4-membered cyclic amide) rings is 1. The maximum atomic E-state index is 12.9. The number of halogens is 1. The van der Waals surface area contributed by atoms with E-state index in [0.29, 0.717) is 0 Å². The van der Waals surface area contributed by atoms with Gasteiger partial charge in [-0.05, 0) is 0 Å². The monoisotopic (exact) mass is 437 g/mol. The predicted molar refractivity (Wildman–Crippen MR) is 91.2 cm³/mol. The highest BCUT2D eigenvalue weighted by molar-refractivity contribution is 9.11. The van der Waals surface area contributed by atoms with Gasteiger partial charge < -0.3 is 9.47 Å². The first-order chi connectivity index (χ1) is 11.4. The largest absolute Gasteiger partial charge is 0.461 e. The molecule has 0 spiro atoms. The molecule has 0 radical (unpaired) electrons. The summed E-state index contributed by atoms with van der Waals surface area (Å²) in [5, 5.41) is -1.28. The number of ketones is 1. The number of esters is 1. The van der Waals surface area contributed by atoms with Crippen molar-refractivity contribution in [2.75, 3.05) is 13.7 Å². The van der Waals surface area contributed by atoms with Crippen molar-refractivity contribution in [3.8, 4) is 0 Å². The summed E-state index contributed by atoms with van der Waals surface area (Å²) in [7, 11) is -2.67. The fourth-order valence-electron chi connectivity index (χ4n) is 2.72. The lowest BCUT2D eigenvalue weighted by atomic mass is 9.85. The molecular formula is C15H20BrNO7S. The summed E-state index contributed by atoms with van der Waals surface area (Å²) in [6.45, 7) is 5.74.